The predicted octanol–water partition coefficient (Wildman–Crippen LogP) is 4.85. The van der Waals surface area contributed by atoms with E-state index < -0.39 is 30.2 Å². The molecule has 0 aliphatic carbocycles. The van der Waals surface area contributed by atoms with Crippen molar-refractivity contribution in [3.63, 3.8) is 0 Å². The van der Waals surface area contributed by atoms with Gasteiger partial charge in [0.15, 0.2) is 0 Å². The Labute approximate surface area is 327 Å². The molecule has 13 heteroatoms. The first-order valence-corrected chi connectivity index (χ1v) is 20.4. The number of benzene rings is 1. The molecule has 1 unspecified atom stereocenters. The van der Waals surface area contributed by atoms with E-state index in [-0.39, 0.29) is 65.9 Å². The molecule has 0 radical (unpaired) electrons. The highest BCUT2D eigenvalue weighted by molar-refractivity contribution is 7.09. The minimum Gasteiger partial charge on any atom is -0.379 e. The fourth-order valence-electron chi connectivity index (χ4n) is 8.14. The van der Waals surface area contributed by atoms with Crippen LogP contribution in [0.1, 0.15) is 90.8 Å². The van der Waals surface area contributed by atoms with Gasteiger partial charge in [-0.15, -0.1) is 11.3 Å². The van der Waals surface area contributed by atoms with Gasteiger partial charge in [0.1, 0.15) is 5.01 Å². The lowest BCUT2D eigenvalue weighted by molar-refractivity contribution is -0.144. The van der Waals surface area contributed by atoms with Crippen LogP contribution in [-0.4, -0.2) is 110 Å². The Kier molecular flexibility index (Phi) is 18.2. The summed E-state index contributed by atoms with van der Waals surface area (Å²) in [6, 6.07) is 7.97. The lowest BCUT2D eigenvalue weighted by Gasteiger charge is -2.43. The quantitative estimate of drug-likeness (QED) is 0.163. The zero-order chi connectivity index (χ0) is 40.1. The summed E-state index contributed by atoms with van der Waals surface area (Å²) in [6.45, 7) is 14.4. The summed E-state index contributed by atoms with van der Waals surface area (Å²) in [6.07, 6.45) is 3.67. The van der Waals surface area contributed by atoms with Crippen LogP contribution < -0.4 is 16.0 Å². The Morgan fingerprint density at radius 1 is 0.981 bits per heavy atom. The molecule has 0 saturated carbocycles. The molecule has 4 amide bonds. The van der Waals surface area contributed by atoms with Crippen molar-refractivity contribution < 1.29 is 28.7 Å². The van der Waals surface area contributed by atoms with E-state index in [0.29, 0.717) is 19.4 Å². The number of likely N-dealkylation sites (tertiary alicyclic amines) is 1. The zero-order valence-corrected chi connectivity index (χ0v) is 35.2. The van der Waals surface area contributed by atoms with E-state index in [0.717, 1.165) is 23.4 Å². The average Bonchev–Trinajstić information content (AvgIpc) is 3.85. The largest absolute Gasteiger partial charge is 0.379 e. The fourth-order valence-corrected chi connectivity index (χ4v) is 8.82. The number of nitrogens with one attached hydrogen (secondary N) is 3. The summed E-state index contributed by atoms with van der Waals surface area (Å²) >= 11 is 1.51. The molecule has 2 heterocycles. The molecule has 1 aromatic heterocycles. The van der Waals surface area contributed by atoms with Gasteiger partial charge in [0, 0.05) is 38.4 Å². The molecule has 3 rings (SSSR count). The summed E-state index contributed by atoms with van der Waals surface area (Å²) in [5.41, 5.74) is 1.10. The monoisotopic (exact) mass is 770 g/mol. The first-order valence-electron chi connectivity index (χ1n) is 19.5. The van der Waals surface area contributed by atoms with Crippen molar-refractivity contribution in [3.8, 4) is 0 Å². The molecule has 1 saturated heterocycles. The van der Waals surface area contributed by atoms with Crippen molar-refractivity contribution >= 4 is 35.0 Å². The molecule has 0 bridgehead atoms. The van der Waals surface area contributed by atoms with Crippen molar-refractivity contribution in [3.05, 3.63) is 52.5 Å². The number of imide groups is 1. The molecule has 302 valence electrons. The van der Waals surface area contributed by atoms with Crippen molar-refractivity contribution in [2.45, 2.75) is 123 Å². The smallest absolute Gasteiger partial charge is 0.244 e. The van der Waals surface area contributed by atoms with Crippen LogP contribution in [-0.2, 0) is 35.1 Å². The highest BCUT2D eigenvalue weighted by Gasteiger charge is 2.43. The molecule has 9 atom stereocenters. The van der Waals surface area contributed by atoms with Gasteiger partial charge in [-0.2, -0.15) is 0 Å². The number of amides is 4. The number of thiazole rings is 1. The van der Waals surface area contributed by atoms with E-state index in [2.05, 4.69) is 34.8 Å². The number of rotatable bonds is 21. The molecule has 2 aromatic rings. The second kappa shape index (κ2) is 21.8. The van der Waals surface area contributed by atoms with Gasteiger partial charge in [-0.3, -0.25) is 29.4 Å². The Morgan fingerprint density at radius 2 is 1.67 bits per heavy atom. The third-order valence-corrected chi connectivity index (χ3v) is 12.0. The first-order chi connectivity index (χ1) is 25.7. The van der Waals surface area contributed by atoms with E-state index in [9.17, 15) is 19.2 Å². The maximum Gasteiger partial charge on any atom is 0.244 e. The van der Waals surface area contributed by atoms with Gasteiger partial charge in [-0.1, -0.05) is 85.2 Å². The molecule has 1 fully saturated rings. The highest BCUT2D eigenvalue weighted by Crippen LogP contribution is 2.31. The normalized spacial score (nSPS) is 19.2. The second-order valence-corrected chi connectivity index (χ2v) is 16.4. The maximum atomic E-state index is 14.3. The number of likely N-dealkylation sites (N-methyl/N-ethyl adjacent to an activating group) is 2. The van der Waals surface area contributed by atoms with E-state index >= 15 is 0 Å². The molecule has 0 spiro atoms. The predicted molar refractivity (Wildman–Crippen MR) is 214 cm³/mol. The van der Waals surface area contributed by atoms with Gasteiger partial charge in [0.05, 0.1) is 48.7 Å². The minimum atomic E-state index is -0.641. The molecular formula is C41H66N6O6S. The van der Waals surface area contributed by atoms with Crippen LogP contribution in [0.2, 0.25) is 0 Å². The van der Waals surface area contributed by atoms with Gasteiger partial charge in [-0.05, 0) is 56.7 Å². The van der Waals surface area contributed by atoms with Crippen molar-refractivity contribution in [2.75, 3.05) is 34.9 Å². The minimum absolute atomic E-state index is 0.000604. The summed E-state index contributed by atoms with van der Waals surface area (Å²) < 4.78 is 12.1. The summed E-state index contributed by atoms with van der Waals surface area (Å²) in [4.78, 5) is 63.4. The van der Waals surface area contributed by atoms with Crippen LogP contribution >= 0.6 is 11.3 Å². The molecular weight excluding hydrogens is 705 g/mol. The molecule has 12 nitrogen and oxygen atoms in total. The van der Waals surface area contributed by atoms with Crippen LogP contribution in [0.15, 0.2) is 41.9 Å². The van der Waals surface area contributed by atoms with Crippen molar-refractivity contribution in [1.29, 1.82) is 0 Å². The second-order valence-electron chi connectivity index (χ2n) is 15.5. The van der Waals surface area contributed by atoms with E-state index in [4.69, 9.17) is 9.47 Å². The molecule has 3 N–H and O–H groups in total. The first kappa shape index (κ1) is 45.2. The van der Waals surface area contributed by atoms with Gasteiger partial charge in [0.2, 0.25) is 23.6 Å². The van der Waals surface area contributed by atoms with Gasteiger partial charge < -0.3 is 25.0 Å². The molecule has 1 aliphatic heterocycles. The number of nitrogens with zero attached hydrogens (tertiary/aromatic N) is 3. The van der Waals surface area contributed by atoms with Crippen LogP contribution in [0, 0.1) is 23.7 Å². The summed E-state index contributed by atoms with van der Waals surface area (Å²) in [5, 5.41) is 11.6. The van der Waals surface area contributed by atoms with Gasteiger partial charge in [0.25, 0.3) is 0 Å². The van der Waals surface area contributed by atoms with Crippen LogP contribution in [0.25, 0.3) is 0 Å². The van der Waals surface area contributed by atoms with Gasteiger partial charge >= 0.3 is 0 Å². The standard InChI is InChI=1S/C41H66N6O6S/c1-12-27(6)36(46(9)35(26(4)5)40(51)45-39(50)34(42-8)25(2)3)32(52-10)24-33(48)47-21-16-19-31(47)37(53-11)28(7)38(49)44-30(41-43-20-22-54-41)23-29-17-14-13-15-18-29/h13-15,17-18,20,22,25-28,30-32,34-37,42H,12,16,19,21,23-24H2,1-11H3,(H,44,49)(H,45,50,51)/t27-,28-,30-,31?,32+,34-,35-,36-,37+/m0/s1. The summed E-state index contributed by atoms with van der Waals surface area (Å²) in [7, 11) is 6.80. The average molecular weight is 771 g/mol. The Morgan fingerprint density at radius 3 is 2.20 bits per heavy atom. The SMILES string of the molecule is CC[C@H](C)[C@@H]([C@@H](CC(=O)N1CCCC1[C@H](OC)[C@H](C)C(=O)N[C@@H](Cc1ccccc1)c1nccs1)OC)N(C)[C@H](C(=O)NC(=O)[C@@H](NC)C(C)C)C(C)C. The van der Waals surface area contributed by atoms with Crippen LogP contribution in [0.5, 0.6) is 0 Å². The van der Waals surface area contributed by atoms with Gasteiger partial charge in [-0.25, -0.2) is 4.98 Å². The number of ether oxygens (including phenoxy) is 2. The molecule has 54 heavy (non-hydrogen) atoms. The number of carbonyl (C=O) groups excluding carboxylic acids is 4. The molecule has 1 aliphatic rings. The third kappa shape index (κ3) is 11.6. The Bertz CT molecular complexity index is 1460. The topological polar surface area (TPSA) is 142 Å². The van der Waals surface area contributed by atoms with E-state index in [1.165, 1.54) is 11.3 Å². The number of methoxy groups -OCH3 is 2. The van der Waals surface area contributed by atoms with E-state index in [1.54, 1.807) is 27.5 Å². The fraction of sp³-hybridized carbons (Fsp3) is 0.683. The summed E-state index contributed by atoms with van der Waals surface area (Å²) in [5.74, 6) is -1.59. The van der Waals surface area contributed by atoms with Crippen molar-refractivity contribution in [2.24, 2.45) is 23.7 Å². The Hall–Kier alpha value is -3.23. The third-order valence-electron chi connectivity index (χ3n) is 11.1. The lowest BCUT2D eigenvalue weighted by Crippen LogP contribution is -2.60. The zero-order valence-electron chi connectivity index (χ0n) is 34.3. The molecule has 1 aromatic carbocycles. The lowest BCUT2D eigenvalue weighted by atomic mass is 9.87. The maximum absolute atomic E-state index is 14.3. The number of hydrogen-bond acceptors (Lipinski definition) is 10. The number of carbonyl (C=O) groups is 4. The number of aromatic nitrogens is 1. The van der Waals surface area contributed by atoms with Crippen LogP contribution in [0.4, 0.5) is 0 Å². The number of hydrogen-bond donors (Lipinski definition) is 3. The van der Waals surface area contributed by atoms with Crippen molar-refractivity contribution in [1.82, 2.24) is 30.7 Å². The highest BCUT2D eigenvalue weighted by atomic mass is 32.1. The van der Waals surface area contributed by atoms with Crippen LogP contribution in [0.3, 0.4) is 0 Å². The Balaban J connectivity index is 1.79. The van der Waals surface area contributed by atoms with E-state index in [1.807, 2.05) is 87.2 Å².